The molecular formula is C12H16N4O2. The topological polar surface area (TPSA) is 58.4 Å². The van der Waals surface area contributed by atoms with Crippen LogP contribution in [0.25, 0.3) is 0 Å². The zero-order chi connectivity index (χ0) is 13.0. The molecule has 1 fully saturated rings. The van der Waals surface area contributed by atoms with Crippen molar-refractivity contribution in [1.82, 2.24) is 19.4 Å². The minimum atomic E-state index is -0.359. The second kappa shape index (κ2) is 3.57. The monoisotopic (exact) mass is 248 g/mol. The molecule has 2 aliphatic rings. The van der Waals surface area contributed by atoms with E-state index in [4.69, 9.17) is 0 Å². The molecule has 1 atom stereocenters. The van der Waals surface area contributed by atoms with Crippen molar-refractivity contribution in [3.8, 4) is 0 Å². The molecular weight excluding hydrogens is 232 g/mol. The van der Waals surface area contributed by atoms with Crippen molar-refractivity contribution < 1.29 is 9.59 Å². The third-order valence-corrected chi connectivity index (χ3v) is 3.72. The van der Waals surface area contributed by atoms with E-state index in [1.165, 1.54) is 4.90 Å². The highest BCUT2D eigenvalue weighted by Crippen LogP contribution is 2.30. The Morgan fingerprint density at radius 1 is 1.39 bits per heavy atom. The Kier molecular flexibility index (Phi) is 2.23. The van der Waals surface area contributed by atoms with Gasteiger partial charge in [0.25, 0.3) is 5.91 Å². The highest BCUT2D eigenvalue weighted by molar-refractivity contribution is 6.04. The molecule has 3 amide bonds. The lowest BCUT2D eigenvalue weighted by molar-refractivity contribution is -0.129. The van der Waals surface area contributed by atoms with Gasteiger partial charge in [0.1, 0.15) is 6.04 Å². The van der Waals surface area contributed by atoms with E-state index >= 15 is 0 Å². The van der Waals surface area contributed by atoms with E-state index in [0.717, 1.165) is 11.4 Å². The van der Waals surface area contributed by atoms with Gasteiger partial charge in [0.15, 0.2) is 0 Å². The Balaban J connectivity index is 1.98. The summed E-state index contributed by atoms with van der Waals surface area (Å²) < 4.78 is 1.92. The van der Waals surface area contributed by atoms with Crippen LogP contribution >= 0.6 is 0 Å². The Labute approximate surface area is 105 Å². The Morgan fingerprint density at radius 3 is 2.78 bits per heavy atom. The first-order valence-corrected chi connectivity index (χ1v) is 6.13. The molecule has 0 N–H and O–H groups in total. The standard InChI is InChI=1S/C12H16N4O2/c1-7(2)16-11(17)9-4-8-10(14(3)6-13-8)5-15(9)12(16)18/h6-7,9H,4-5H2,1-3H3/t9-/m0/s1. The Morgan fingerprint density at radius 2 is 2.11 bits per heavy atom. The lowest BCUT2D eigenvalue weighted by Gasteiger charge is -2.26. The van der Waals surface area contributed by atoms with Crippen LogP contribution in [0, 0.1) is 0 Å². The fourth-order valence-electron chi connectivity index (χ4n) is 2.73. The fourth-order valence-corrected chi connectivity index (χ4v) is 2.73. The number of amides is 3. The lowest BCUT2D eigenvalue weighted by Crippen LogP contribution is -2.40. The van der Waals surface area contributed by atoms with Crippen LogP contribution in [0.15, 0.2) is 6.33 Å². The van der Waals surface area contributed by atoms with Gasteiger partial charge in [0.2, 0.25) is 0 Å². The van der Waals surface area contributed by atoms with Crippen LogP contribution in [0.4, 0.5) is 4.79 Å². The van der Waals surface area contributed by atoms with Crippen LogP contribution in [0.5, 0.6) is 0 Å². The van der Waals surface area contributed by atoms with Crippen LogP contribution < -0.4 is 0 Å². The highest BCUT2D eigenvalue weighted by atomic mass is 16.2. The number of aryl methyl sites for hydroxylation is 1. The quantitative estimate of drug-likeness (QED) is 0.681. The van der Waals surface area contributed by atoms with Crippen molar-refractivity contribution in [3.63, 3.8) is 0 Å². The number of aromatic nitrogens is 2. The SMILES string of the molecule is CC(C)N1C(=O)[C@@H]2Cc3ncn(C)c3CN2C1=O. The maximum absolute atomic E-state index is 12.2. The van der Waals surface area contributed by atoms with E-state index in [1.807, 2.05) is 25.5 Å². The van der Waals surface area contributed by atoms with Crippen molar-refractivity contribution in [3.05, 3.63) is 17.7 Å². The molecule has 1 aromatic heterocycles. The average molecular weight is 248 g/mol. The number of imidazole rings is 1. The number of carbonyl (C=O) groups is 2. The minimum Gasteiger partial charge on any atom is -0.336 e. The minimum absolute atomic E-state index is 0.0910. The number of nitrogens with zero attached hydrogens (tertiary/aromatic N) is 4. The van der Waals surface area contributed by atoms with Gasteiger partial charge in [0.05, 0.1) is 24.3 Å². The fraction of sp³-hybridized carbons (Fsp3) is 0.583. The van der Waals surface area contributed by atoms with E-state index in [9.17, 15) is 9.59 Å². The van der Waals surface area contributed by atoms with E-state index in [2.05, 4.69) is 4.98 Å². The van der Waals surface area contributed by atoms with E-state index in [-0.39, 0.29) is 24.0 Å². The lowest BCUT2D eigenvalue weighted by atomic mass is 10.0. The van der Waals surface area contributed by atoms with Gasteiger partial charge in [-0.15, -0.1) is 0 Å². The third-order valence-electron chi connectivity index (χ3n) is 3.72. The van der Waals surface area contributed by atoms with Gasteiger partial charge in [0, 0.05) is 19.5 Å². The number of fused-ring (bicyclic) bond motifs is 2. The molecule has 6 nitrogen and oxygen atoms in total. The zero-order valence-electron chi connectivity index (χ0n) is 10.8. The molecule has 0 spiro atoms. The molecule has 2 aliphatic heterocycles. The zero-order valence-corrected chi connectivity index (χ0v) is 10.8. The summed E-state index contributed by atoms with van der Waals surface area (Å²) >= 11 is 0. The van der Waals surface area contributed by atoms with Gasteiger partial charge >= 0.3 is 6.03 Å². The van der Waals surface area contributed by atoms with Crippen molar-refractivity contribution in [2.45, 2.75) is 38.9 Å². The molecule has 0 aromatic carbocycles. The molecule has 1 aromatic rings. The summed E-state index contributed by atoms with van der Waals surface area (Å²) in [5.74, 6) is -0.0914. The van der Waals surface area contributed by atoms with Gasteiger partial charge in [-0.05, 0) is 13.8 Å². The first-order chi connectivity index (χ1) is 8.50. The van der Waals surface area contributed by atoms with E-state index < -0.39 is 0 Å². The van der Waals surface area contributed by atoms with Gasteiger partial charge < -0.3 is 9.47 Å². The van der Waals surface area contributed by atoms with E-state index in [1.54, 1.807) is 11.2 Å². The molecule has 0 radical (unpaired) electrons. The van der Waals surface area contributed by atoms with Crippen LogP contribution in [0.1, 0.15) is 25.2 Å². The van der Waals surface area contributed by atoms with Crippen molar-refractivity contribution in [2.24, 2.45) is 7.05 Å². The summed E-state index contributed by atoms with van der Waals surface area (Å²) in [6, 6.07) is -0.624. The normalized spacial score (nSPS) is 22.8. The predicted octanol–water partition coefficient (Wildman–Crippen LogP) is 0.517. The number of rotatable bonds is 1. The number of urea groups is 1. The number of hydrogen-bond acceptors (Lipinski definition) is 3. The highest BCUT2D eigenvalue weighted by Gasteiger charge is 2.48. The largest absolute Gasteiger partial charge is 0.336 e. The van der Waals surface area contributed by atoms with Crippen LogP contribution in [0.2, 0.25) is 0 Å². The Bertz CT molecular complexity index is 534. The molecule has 0 aliphatic carbocycles. The van der Waals surface area contributed by atoms with Gasteiger partial charge in [-0.1, -0.05) is 0 Å². The van der Waals surface area contributed by atoms with Crippen LogP contribution in [-0.2, 0) is 24.8 Å². The summed E-state index contributed by atoms with van der Waals surface area (Å²) in [4.78, 5) is 31.8. The van der Waals surface area contributed by atoms with Crippen LogP contribution in [0.3, 0.4) is 0 Å². The summed E-state index contributed by atoms with van der Waals surface area (Å²) in [7, 11) is 1.91. The number of imide groups is 1. The van der Waals surface area contributed by atoms with Crippen molar-refractivity contribution in [2.75, 3.05) is 0 Å². The summed E-state index contributed by atoms with van der Waals surface area (Å²) in [5, 5.41) is 0. The molecule has 0 saturated carbocycles. The number of carbonyl (C=O) groups excluding carboxylic acids is 2. The van der Waals surface area contributed by atoms with Gasteiger partial charge in [-0.25, -0.2) is 9.78 Å². The first kappa shape index (κ1) is 11.3. The molecule has 6 heteroatoms. The van der Waals surface area contributed by atoms with E-state index in [0.29, 0.717) is 13.0 Å². The second-order valence-corrected chi connectivity index (χ2v) is 5.18. The summed E-state index contributed by atoms with van der Waals surface area (Å²) in [6.07, 6.45) is 2.27. The first-order valence-electron chi connectivity index (χ1n) is 6.13. The third kappa shape index (κ3) is 1.31. The average Bonchev–Trinajstić information content (AvgIpc) is 2.79. The van der Waals surface area contributed by atoms with Crippen molar-refractivity contribution >= 4 is 11.9 Å². The maximum atomic E-state index is 12.2. The molecule has 18 heavy (non-hydrogen) atoms. The molecule has 1 saturated heterocycles. The van der Waals surface area contributed by atoms with Crippen molar-refractivity contribution in [1.29, 1.82) is 0 Å². The summed E-state index contributed by atoms with van der Waals surface area (Å²) in [6.45, 7) is 4.20. The summed E-state index contributed by atoms with van der Waals surface area (Å²) in [5.41, 5.74) is 1.96. The predicted molar refractivity (Wildman–Crippen MR) is 63.6 cm³/mol. The maximum Gasteiger partial charge on any atom is 0.328 e. The second-order valence-electron chi connectivity index (χ2n) is 5.18. The molecule has 0 unspecified atom stereocenters. The number of hydrogen-bond donors (Lipinski definition) is 0. The molecule has 96 valence electrons. The molecule has 3 rings (SSSR count). The van der Waals surface area contributed by atoms with Gasteiger partial charge in [-0.3, -0.25) is 9.69 Å². The van der Waals surface area contributed by atoms with Gasteiger partial charge in [-0.2, -0.15) is 0 Å². The Hall–Kier alpha value is -1.85. The molecule has 0 bridgehead atoms. The van der Waals surface area contributed by atoms with Crippen LogP contribution in [-0.4, -0.2) is 43.4 Å². The smallest absolute Gasteiger partial charge is 0.328 e. The molecule has 3 heterocycles.